The molecule has 0 saturated carbocycles. The largest absolute Gasteiger partial charge is 0.355 e. The van der Waals surface area contributed by atoms with Gasteiger partial charge >= 0.3 is 0 Å². The second-order valence-electron chi connectivity index (χ2n) is 8.83. The van der Waals surface area contributed by atoms with Crippen molar-refractivity contribution in [1.82, 2.24) is 15.2 Å². The summed E-state index contributed by atoms with van der Waals surface area (Å²) >= 11 is 12.4. The van der Waals surface area contributed by atoms with Crippen LogP contribution in [0.5, 0.6) is 0 Å². The summed E-state index contributed by atoms with van der Waals surface area (Å²) in [4.78, 5) is 6.10. The van der Waals surface area contributed by atoms with Gasteiger partial charge in [0, 0.05) is 36.2 Å². The van der Waals surface area contributed by atoms with Gasteiger partial charge in [0.25, 0.3) is 0 Å². The molecule has 3 nitrogen and oxygen atoms in total. The number of likely N-dealkylation sites (tertiary alicyclic amines) is 1. The van der Waals surface area contributed by atoms with Crippen LogP contribution in [0.2, 0.25) is 10.0 Å². The summed E-state index contributed by atoms with van der Waals surface area (Å²) in [5, 5.41) is 5.92. The number of nitrogens with zero attached hydrogens (tertiary/aromatic N) is 1. The Balaban J connectivity index is 1.23. The van der Waals surface area contributed by atoms with E-state index in [1.165, 1.54) is 43.5 Å². The topological polar surface area (TPSA) is 31.1 Å². The Hall–Kier alpha value is -1.78. The molecule has 0 aliphatic carbocycles. The summed E-state index contributed by atoms with van der Waals surface area (Å²) < 4.78 is 0. The van der Waals surface area contributed by atoms with Crippen molar-refractivity contribution in [2.45, 2.75) is 32.6 Å². The summed E-state index contributed by atoms with van der Waals surface area (Å²) in [6.07, 6.45) is 7.12. The summed E-state index contributed by atoms with van der Waals surface area (Å²) in [5.74, 6) is 0.824. The van der Waals surface area contributed by atoms with E-state index in [-0.39, 0.29) is 0 Å². The Morgan fingerprint density at radius 2 is 1.84 bits per heavy atom. The monoisotopic (exact) mass is 469 g/mol. The van der Waals surface area contributed by atoms with Crippen LogP contribution in [0.15, 0.2) is 54.6 Å². The van der Waals surface area contributed by atoms with Crippen molar-refractivity contribution < 1.29 is 0 Å². The van der Waals surface area contributed by atoms with Gasteiger partial charge in [-0.15, -0.1) is 0 Å². The van der Waals surface area contributed by atoms with Crippen molar-refractivity contribution in [1.29, 1.82) is 0 Å². The number of fused-ring (bicyclic) bond motifs is 1. The molecule has 0 bridgehead atoms. The third-order valence-electron chi connectivity index (χ3n) is 6.45. The molecule has 2 heterocycles. The van der Waals surface area contributed by atoms with Crippen molar-refractivity contribution in [3.05, 3.63) is 75.9 Å². The zero-order valence-electron chi connectivity index (χ0n) is 18.8. The quantitative estimate of drug-likeness (QED) is 0.337. The van der Waals surface area contributed by atoms with Crippen molar-refractivity contribution in [3.8, 4) is 0 Å². The first-order valence-corrected chi connectivity index (χ1v) is 12.5. The maximum atomic E-state index is 6.19. The highest BCUT2D eigenvalue weighted by Gasteiger charge is 2.19. The van der Waals surface area contributed by atoms with E-state index in [2.05, 4.69) is 64.6 Å². The number of halogens is 2. The molecule has 0 amide bonds. The lowest BCUT2D eigenvalue weighted by atomic mass is 9.90. The second kappa shape index (κ2) is 11.4. The minimum atomic E-state index is 0.583. The predicted molar refractivity (Wildman–Crippen MR) is 139 cm³/mol. The zero-order chi connectivity index (χ0) is 22.3. The Bertz CT molecular complexity index is 995. The van der Waals surface area contributed by atoms with Crippen LogP contribution in [0.25, 0.3) is 16.5 Å². The lowest BCUT2D eigenvalue weighted by molar-refractivity contribution is 0.185. The van der Waals surface area contributed by atoms with Gasteiger partial charge in [-0.05, 0) is 74.0 Å². The fraction of sp³-hybridized carbons (Fsp3) is 0.407. The molecule has 1 saturated heterocycles. The van der Waals surface area contributed by atoms with Crippen LogP contribution in [0.1, 0.15) is 37.4 Å². The number of benzene rings is 2. The number of H-pyrrole nitrogens is 1. The van der Waals surface area contributed by atoms with Gasteiger partial charge < -0.3 is 15.2 Å². The van der Waals surface area contributed by atoms with Crippen molar-refractivity contribution in [2.75, 3.05) is 32.7 Å². The van der Waals surface area contributed by atoms with Gasteiger partial charge in [-0.1, -0.05) is 66.5 Å². The maximum Gasteiger partial charge on any atom is 0.0613 e. The Morgan fingerprint density at radius 3 is 2.59 bits per heavy atom. The first kappa shape index (κ1) is 23.4. The Kier molecular flexibility index (Phi) is 8.31. The standard InChI is InChI=1S/C27H33Cl2N3/c1-2-6-22(26-17-23-16-24(28)25(29)18-27(23)31-26)19-30-11-14-32-12-9-21(10-13-32)15-20-7-4-3-5-8-20/h3-8,16-18,21,30-31H,2,9-15,19H2,1H3. The normalized spacial score (nSPS) is 16.2. The van der Waals surface area contributed by atoms with E-state index in [4.69, 9.17) is 23.2 Å². The van der Waals surface area contributed by atoms with Gasteiger partial charge in [0.05, 0.1) is 10.0 Å². The molecule has 1 aromatic heterocycles. The van der Waals surface area contributed by atoms with Crippen LogP contribution < -0.4 is 5.32 Å². The summed E-state index contributed by atoms with van der Waals surface area (Å²) in [7, 11) is 0. The van der Waals surface area contributed by atoms with Crippen LogP contribution >= 0.6 is 23.2 Å². The molecule has 2 aromatic carbocycles. The van der Waals surface area contributed by atoms with Crippen molar-refractivity contribution in [2.24, 2.45) is 5.92 Å². The highest BCUT2D eigenvalue weighted by Crippen LogP contribution is 2.29. The molecule has 1 aliphatic rings. The van der Waals surface area contributed by atoms with E-state index < -0.39 is 0 Å². The van der Waals surface area contributed by atoms with Crippen LogP contribution in [0.4, 0.5) is 0 Å². The smallest absolute Gasteiger partial charge is 0.0613 e. The third-order valence-corrected chi connectivity index (χ3v) is 7.17. The minimum absolute atomic E-state index is 0.583. The van der Waals surface area contributed by atoms with Gasteiger partial charge in [0.1, 0.15) is 0 Å². The van der Waals surface area contributed by atoms with Gasteiger partial charge in [0.15, 0.2) is 0 Å². The number of nitrogens with one attached hydrogen (secondary N) is 2. The first-order chi connectivity index (χ1) is 15.6. The molecule has 0 unspecified atom stereocenters. The number of piperidine rings is 1. The van der Waals surface area contributed by atoms with E-state index in [0.717, 1.165) is 48.6 Å². The van der Waals surface area contributed by atoms with Crippen LogP contribution in [-0.4, -0.2) is 42.6 Å². The molecule has 1 fully saturated rings. The van der Waals surface area contributed by atoms with E-state index in [9.17, 15) is 0 Å². The van der Waals surface area contributed by atoms with Gasteiger partial charge in [0.2, 0.25) is 0 Å². The molecule has 0 atom stereocenters. The van der Waals surface area contributed by atoms with E-state index >= 15 is 0 Å². The molecule has 4 rings (SSSR count). The van der Waals surface area contributed by atoms with Crippen LogP contribution in [-0.2, 0) is 6.42 Å². The number of rotatable bonds is 9. The minimum Gasteiger partial charge on any atom is -0.355 e. The maximum absolute atomic E-state index is 6.19. The number of allylic oxidation sites excluding steroid dienone is 1. The molecule has 2 N–H and O–H groups in total. The molecule has 0 spiro atoms. The number of aromatic amines is 1. The van der Waals surface area contributed by atoms with Gasteiger partial charge in [-0.3, -0.25) is 0 Å². The molecule has 170 valence electrons. The number of aromatic nitrogens is 1. The average molecular weight is 470 g/mol. The average Bonchev–Trinajstić information content (AvgIpc) is 3.20. The highest BCUT2D eigenvalue weighted by atomic mass is 35.5. The molecule has 1 aliphatic heterocycles. The van der Waals surface area contributed by atoms with E-state index in [1.54, 1.807) is 0 Å². The number of hydrogen-bond donors (Lipinski definition) is 2. The van der Waals surface area contributed by atoms with Gasteiger partial charge in [-0.2, -0.15) is 0 Å². The van der Waals surface area contributed by atoms with E-state index in [0.29, 0.717) is 10.0 Å². The summed E-state index contributed by atoms with van der Waals surface area (Å²) in [5.41, 5.74) is 4.92. The van der Waals surface area contributed by atoms with Gasteiger partial charge in [-0.25, -0.2) is 0 Å². The fourth-order valence-electron chi connectivity index (χ4n) is 4.65. The molecule has 32 heavy (non-hydrogen) atoms. The zero-order valence-corrected chi connectivity index (χ0v) is 20.4. The first-order valence-electron chi connectivity index (χ1n) is 11.8. The van der Waals surface area contributed by atoms with E-state index in [1.807, 2.05) is 12.1 Å². The molecule has 3 aromatic rings. The summed E-state index contributed by atoms with van der Waals surface area (Å²) in [6, 6.07) is 16.9. The van der Waals surface area contributed by atoms with Crippen LogP contribution in [0, 0.1) is 5.92 Å². The number of hydrogen-bond acceptors (Lipinski definition) is 2. The molecule has 0 radical (unpaired) electrons. The lowest BCUT2D eigenvalue weighted by Gasteiger charge is -2.32. The molecule has 5 heteroatoms. The third kappa shape index (κ3) is 6.17. The molecular formula is C27H33Cl2N3. The fourth-order valence-corrected chi connectivity index (χ4v) is 4.98. The Morgan fingerprint density at radius 1 is 1.09 bits per heavy atom. The van der Waals surface area contributed by atoms with Crippen LogP contribution in [0.3, 0.4) is 0 Å². The highest BCUT2D eigenvalue weighted by molar-refractivity contribution is 6.42. The lowest BCUT2D eigenvalue weighted by Crippen LogP contribution is -2.39. The van der Waals surface area contributed by atoms with Crippen molar-refractivity contribution >= 4 is 39.7 Å². The Labute approximate surface area is 201 Å². The molecular weight excluding hydrogens is 437 g/mol. The SMILES string of the molecule is CCC=C(CNCCN1CCC(Cc2ccccc2)CC1)c1cc2cc(Cl)c(Cl)cc2[nH]1. The summed E-state index contributed by atoms with van der Waals surface area (Å²) in [6.45, 7) is 7.56. The second-order valence-corrected chi connectivity index (χ2v) is 9.64. The van der Waals surface area contributed by atoms with Crippen molar-refractivity contribution in [3.63, 3.8) is 0 Å². The predicted octanol–water partition coefficient (Wildman–Crippen LogP) is 6.81.